The van der Waals surface area contributed by atoms with Gasteiger partial charge in [-0.3, -0.25) is 4.90 Å². The lowest BCUT2D eigenvalue weighted by molar-refractivity contribution is 0.0232. The Labute approximate surface area is 114 Å². The van der Waals surface area contributed by atoms with Crippen LogP contribution in [0.5, 0.6) is 0 Å². The van der Waals surface area contributed by atoms with Crippen molar-refractivity contribution < 1.29 is 9.53 Å². The number of ether oxygens (including phenoxy) is 1. The number of carbonyl (C=O) groups is 1. The minimum absolute atomic E-state index is 0.205. The summed E-state index contributed by atoms with van der Waals surface area (Å²) in [5.41, 5.74) is 1.46. The normalized spacial score (nSPS) is 19.8. The first kappa shape index (κ1) is 13.7. The second-order valence-corrected chi connectivity index (χ2v) is 5.94. The fourth-order valence-electron chi connectivity index (χ4n) is 2.18. The van der Waals surface area contributed by atoms with Crippen LogP contribution in [0.15, 0.2) is 18.3 Å². The molecule has 102 valence electrons. The minimum atomic E-state index is -0.495. The summed E-state index contributed by atoms with van der Waals surface area (Å²) >= 11 is 0. The Morgan fingerprint density at radius 3 is 2.84 bits per heavy atom. The summed E-state index contributed by atoms with van der Waals surface area (Å²) < 4.78 is 5.43. The van der Waals surface area contributed by atoms with Crippen LogP contribution in [0.4, 0.5) is 4.79 Å². The molecule has 1 atom stereocenters. The van der Waals surface area contributed by atoms with Gasteiger partial charge in [-0.15, -0.1) is 0 Å². The van der Waals surface area contributed by atoms with Crippen molar-refractivity contribution in [1.29, 1.82) is 0 Å². The highest BCUT2D eigenvalue weighted by atomic mass is 16.6. The number of likely N-dealkylation sites (tertiary alicyclic amines) is 1. The summed E-state index contributed by atoms with van der Waals surface area (Å²) in [5.74, 6) is 0.755. The molecule has 2 rings (SSSR count). The predicted octanol–water partition coefficient (Wildman–Crippen LogP) is 0.906. The molecule has 1 aliphatic rings. The van der Waals surface area contributed by atoms with Gasteiger partial charge in [-0.25, -0.2) is 9.78 Å². The van der Waals surface area contributed by atoms with Crippen LogP contribution in [0.2, 0.25) is 0 Å². The number of nitrogens with one attached hydrogen (secondary N) is 1. The first-order chi connectivity index (χ1) is 8.78. The Balaban J connectivity index is 2.20. The van der Waals surface area contributed by atoms with Crippen molar-refractivity contribution in [3.05, 3.63) is 24.2 Å². The van der Waals surface area contributed by atoms with E-state index in [9.17, 15) is 4.79 Å². The second-order valence-electron chi connectivity index (χ2n) is 5.94. The van der Waals surface area contributed by atoms with Crippen molar-refractivity contribution in [2.75, 3.05) is 6.54 Å². The molecule has 6 heteroatoms. The van der Waals surface area contributed by atoms with Gasteiger partial charge in [0.1, 0.15) is 17.5 Å². The van der Waals surface area contributed by atoms with Crippen molar-refractivity contribution in [2.45, 2.75) is 38.8 Å². The molecule has 0 saturated carbocycles. The highest BCUT2D eigenvalue weighted by Crippen LogP contribution is 2.34. The number of aromatic amines is 1. The summed E-state index contributed by atoms with van der Waals surface area (Å²) in [4.78, 5) is 21.4. The molecule has 0 aliphatic carbocycles. The molecule has 5 nitrogen and oxygen atoms in total. The van der Waals surface area contributed by atoms with Crippen molar-refractivity contribution in [3.63, 3.8) is 0 Å². The van der Waals surface area contributed by atoms with Gasteiger partial charge >= 0.3 is 6.09 Å². The number of nitrogens with zero attached hydrogens (tertiary/aromatic N) is 2. The molecule has 0 spiro atoms. The average Bonchev–Trinajstić information content (AvgIpc) is 2.81. The standard InChI is InChI=1S/C13H20BN3O2/c1-8-5-6-17(12(18)19-13(2,3)4)10(8)11-15-7-9(14)16-11/h7,10H,1,5-6,14H2,2-4H3,(H,15,16)/t10-/m0/s1. The first-order valence-electron chi connectivity index (χ1n) is 6.47. The number of imidazole rings is 1. The number of H-pyrrole nitrogens is 1. The van der Waals surface area contributed by atoms with E-state index in [1.165, 1.54) is 0 Å². The van der Waals surface area contributed by atoms with Crippen LogP contribution in [0.3, 0.4) is 0 Å². The molecule has 1 aromatic heterocycles. The number of rotatable bonds is 1. The number of carbonyl (C=O) groups excluding carboxylic acids is 1. The van der Waals surface area contributed by atoms with Crippen LogP contribution in [0, 0.1) is 0 Å². The maximum absolute atomic E-state index is 12.2. The molecule has 1 aromatic rings. The monoisotopic (exact) mass is 261 g/mol. The highest BCUT2D eigenvalue weighted by Gasteiger charge is 2.37. The van der Waals surface area contributed by atoms with Crippen LogP contribution in [-0.4, -0.2) is 41.0 Å². The third-order valence-corrected chi connectivity index (χ3v) is 2.98. The maximum atomic E-state index is 12.2. The lowest BCUT2D eigenvalue weighted by Crippen LogP contribution is -2.37. The van der Waals surface area contributed by atoms with E-state index in [0.29, 0.717) is 6.54 Å². The molecule has 0 unspecified atom stereocenters. The van der Waals surface area contributed by atoms with Crippen molar-refractivity contribution in [3.8, 4) is 0 Å². The molecule has 0 radical (unpaired) electrons. The van der Waals surface area contributed by atoms with Gasteiger partial charge < -0.3 is 9.72 Å². The molecule has 19 heavy (non-hydrogen) atoms. The van der Waals surface area contributed by atoms with Gasteiger partial charge in [0.25, 0.3) is 0 Å². The predicted molar refractivity (Wildman–Crippen MR) is 76.2 cm³/mol. The zero-order valence-corrected chi connectivity index (χ0v) is 12.0. The van der Waals surface area contributed by atoms with E-state index < -0.39 is 5.60 Å². The van der Waals surface area contributed by atoms with E-state index in [1.807, 2.05) is 28.6 Å². The molecule has 0 aromatic carbocycles. The van der Waals surface area contributed by atoms with E-state index in [-0.39, 0.29) is 12.1 Å². The molecule has 1 fully saturated rings. The van der Waals surface area contributed by atoms with E-state index in [0.717, 1.165) is 23.4 Å². The van der Waals surface area contributed by atoms with Gasteiger partial charge in [0.05, 0.1) is 0 Å². The number of amides is 1. The Morgan fingerprint density at radius 1 is 1.63 bits per heavy atom. The first-order valence-corrected chi connectivity index (χ1v) is 6.47. The fourth-order valence-corrected chi connectivity index (χ4v) is 2.18. The lowest BCUT2D eigenvalue weighted by Gasteiger charge is -2.27. The quantitative estimate of drug-likeness (QED) is 0.603. The molecule has 1 aliphatic heterocycles. The summed E-state index contributed by atoms with van der Waals surface area (Å²) in [6.45, 7) is 10.3. The molecular weight excluding hydrogens is 241 g/mol. The van der Waals surface area contributed by atoms with Crippen molar-refractivity contribution in [2.24, 2.45) is 0 Å². The molecule has 1 saturated heterocycles. The summed E-state index contributed by atoms with van der Waals surface area (Å²) in [7, 11) is 1.94. The third kappa shape index (κ3) is 3.00. The van der Waals surface area contributed by atoms with Gasteiger partial charge in [-0.1, -0.05) is 6.58 Å². The van der Waals surface area contributed by atoms with Gasteiger partial charge in [-0.2, -0.15) is 0 Å². The average molecular weight is 261 g/mol. The van der Waals surface area contributed by atoms with Crippen LogP contribution in [0.1, 0.15) is 39.1 Å². The Kier molecular flexibility index (Phi) is 3.43. The third-order valence-electron chi connectivity index (χ3n) is 2.98. The van der Waals surface area contributed by atoms with E-state index in [4.69, 9.17) is 4.74 Å². The molecule has 1 amide bonds. The van der Waals surface area contributed by atoms with Crippen LogP contribution in [-0.2, 0) is 4.74 Å². The molecule has 0 bridgehead atoms. The number of hydrogen-bond acceptors (Lipinski definition) is 3. The van der Waals surface area contributed by atoms with Crippen LogP contribution in [0.25, 0.3) is 0 Å². The fraction of sp³-hybridized carbons (Fsp3) is 0.538. The maximum Gasteiger partial charge on any atom is 0.411 e. The SMILES string of the molecule is Bc1cnc([C@@H]2C(=C)CCN2C(=O)OC(C)(C)C)[nH]1. The number of hydrogen-bond donors (Lipinski definition) is 1. The Morgan fingerprint density at radius 2 is 2.32 bits per heavy atom. The zero-order valence-electron chi connectivity index (χ0n) is 12.0. The minimum Gasteiger partial charge on any atom is -0.444 e. The largest absolute Gasteiger partial charge is 0.444 e. The van der Waals surface area contributed by atoms with E-state index >= 15 is 0 Å². The van der Waals surface area contributed by atoms with E-state index in [2.05, 4.69) is 16.5 Å². The number of aromatic nitrogens is 2. The van der Waals surface area contributed by atoms with Crippen LogP contribution < -0.4 is 5.59 Å². The van der Waals surface area contributed by atoms with Gasteiger partial charge in [0.15, 0.2) is 7.85 Å². The van der Waals surface area contributed by atoms with Gasteiger partial charge in [0, 0.05) is 12.7 Å². The topological polar surface area (TPSA) is 58.2 Å². The van der Waals surface area contributed by atoms with E-state index in [1.54, 1.807) is 11.1 Å². The zero-order chi connectivity index (χ0) is 14.2. The smallest absolute Gasteiger partial charge is 0.411 e. The van der Waals surface area contributed by atoms with Gasteiger partial charge in [0.2, 0.25) is 0 Å². The highest BCUT2D eigenvalue weighted by molar-refractivity contribution is 6.30. The molecule has 2 heterocycles. The van der Waals surface area contributed by atoms with Crippen LogP contribution >= 0.6 is 0 Å². The lowest BCUT2D eigenvalue weighted by atomic mass is 10.1. The van der Waals surface area contributed by atoms with Gasteiger partial charge in [-0.05, 0) is 38.4 Å². The summed E-state index contributed by atoms with van der Waals surface area (Å²) in [5, 5.41) is 0. The van der Waals surface area contributed by atoms with Crippen molar-refractivity contribution >= 4 is 19.5 Å². The summed E-state index contributed by atoms with van der Waals surface area (Å²) in [6, 6.07) is -0.205. The van der Waals surface area contributed by atoms with Crippen molar-refractivity contribution in [1.82, 2.24) is 14.9 Å². The molecule has 1 N–H and O–H groups in total. The Hall–Kier alpha value is -1.72. The summed E-state index contributed by atoms with van der Waals surface area (Å²) in [6.07, 6.45) is 2.22. The Bertz CT molecular complexity index is 504. The second kappa shape index (κ2) is 4.76. The molecular formula is C13H20BN3O2.